The minimum atomic E-state index is -0.0280. The molecule has 1 fully saturated rings. The summed E-state index contributed by atoms with van der Waals surface area (Å²) >= 11 is 0. The van der Waals surface area contributed by atoms with Crippen molar-refractivity contribution < 1.29 is 14.3 Å². The van der Waals surface area contributed by atoms with Crippen molar-refractivity contribution in [3.05, 3.63) is 35.9 Å². The molecular formula is C15H21NO3. The summed E-state index contributed by atoms with van der Waals surface area (Å²) < 4.78 is 11.0. The van der Waals surface area contributed by atoms with E-state index in [-0.39, 0.29) is 12.0 Å². The molecule has 1 N–H and O–H groups in total. The molecule has 1 atom stereocenters. The lowest BCUT2D eigenvalue weighted by Gasteiger charge is -2.10. The third-order valence-electron chi connectivity index (χ3n) is 3.11. The molecule has 1 saturated heterocycles. The first-order valence-electron chi connectivity index (χ1n) is 6.89. The molecule has 0 saturated carbocycles. The van der Waals surface area contributed by atoms with E-state index in [9.17, 15) is 4.79 Å². The van der Waals surface area contributed by atoms with Gasteiger partial charge in [-0.1, -0.05) is 18.2 Å². The maximum absolute atomic E-state index is 11.7. The Kier molecular flexibility index (Phi) is 5.85. The van der Waals surface area contributed by atoms with Crippen molar-refractivity contribution >= 4 is 5.91 Å². The van der Waals surface area contributed by atoms with E-state index in [1.165, 1.54) is 0 Å². The SMILES string of the molecule is O=C(NCCCOC[C@@H]1CCCO1)c1ccccc1. The van der Waals surface area contributed by atoms with Gasteiger partial charge in [-0.25, -0.2) is 0 Å². The van der Waals surface area contributed by atoms with E-state index in [4.69, 9.17) is 9.47 Å². The number of amides is 1. The zero-order valence-corrected chi connectivity index (χ0v) is 11.1. The smallest absolute Gasteiger partial charge is 0.251 e. The highest BCUT2D eigenvalue weighted by atomic mass is 16.5. The van der Waals surface area contributed by atoms with Crippen molar-refractivity contribution in [2.75, 3.05) is 26.4 Å². The normalized spacial score (nSPS) is 18.4. The number of hydrogen-bond donors (Lipinski definition) is 1. The number of ether oxygens (including phenoxy) is 2. The number of carbonyl (C=O) groups excluding carboxylic acids is 1. The van der Waals surface area contributed by atoms with Crippen molar-refractivity contribution in [1.82, 2.24) is 5.32 Å². The van der Waals surface area contributed by atoms with Gasteiger partial charge in [0.2, 0.25) is 0 Å². The summed E-state index contributed by atoms with van der Waals surface area (Å²) in [4.78, 5) is 11.7. The summed E-state index contributed by atoms with van der Waals surface area (Å²) in [6, 6.07) is 9.24. The van der Waals surface area contributed by atoms with E-state index < -0.39 is 0 Å². The average molecular weight is 263 g/mol. The zero-order valence-electron chi connectivity index (χ0n) is 11.1. The first-order chi connectivity index (χ1) is 9.36. The highest BCUT2D eigenvalue weighted by Gasteiger charge is 2.14. The van der Waals surface area contributed by atoms with Gasteiger partial charge in [0.1, 0.15) is 0 Å². The monoisotopic (exact) mass is 263 g/mol. The van der Waals surface area contributed by atoms with Crippen LogP contribution in [0, 0.1) is 0 Å². The molecule has 4 nitrogen and oxygen atoms in total. The standard InChI is InChI=1S/C15H21NO3/c17-15(13-6-2-1-3-7-13)16-9-5-10-18-12-14-8-4-11-19-14/h1-3,6-7,14H,4-5,8-12H2,(H,16,17)/t14-/m0/s1. The first-order valence-corrected chi connectivity index (χ1v) is 6.89. The van der Waals surface area contributed by atoms with Gasteiger partial charge in [-0.2, -0.15) is 0 Å². The molecule has 0 spiro atoms. The second-order valence-electron chi connectivity index (χ2n) is 4.69. The summed E-state index contributed by atoms with van der Waals surface area (Å²) in [5, 5.41) is 2.88. The molecule has 0 aromatic heterocycles. The van der Waals surface area contributed by atoms with Crippen LogP contribution in [-0.2, 0) is 9.47 Å². The quantitative estimate of drug-likeness (QED) is 0.765. The third kappa shape index (κ3) is 5.01. The molecule has 1 aliphatic heterocycles. The zero-order chi connectivity index (χ0) is 13.3. The molecule has 1 amide bonds. The molecule has 1 aliphatic rings. The van der Waals surface area contributed by atoms with Crippen molar-refractivity contribution in [1.29, 1.82) is 0 Å². The fourth-order valence-corrected chi connectivity index (χ4v) is 2.06. The minimum Gasteiger partial charge on any atom is -0.379 e. The lowest BCUT2D eigenvalue weighted by molar-refractivity contribution is 0.0166. The van der Waals surface area contributed by atoms with Crippen LogP contribution in [0.5, 0.6) is 0 Å². The van der Waals surface area contributed by atoms with Crippen LogP contribution in [0.3, 0.4) is 0 Å². The Balaban J connectivity index is 1.51. The maximum atomic E-state index is 11.7. The number of benzene rings is 1. The van der Waals surface area contributed by atoms with Crippen LogP contribution < -0.4 is 5.32 Å². The first kappa shape index (κ1) is 14.0. The molecule has 4 heteroatoms. The molecular weight excluding hydrogens is 242 g/mol. The Labute approximate surface area is 114 Å². The van der Waals surface area contributed by atoms with Crippen LogP contribution in [0.2, 0.25) is 0 Å². The van der Waals surface area contributed by atoms with Crippen molar-refractivity contribution in [3.63, 3.8) is 0 Å². The van der Waals surface area contributed by atoms with Gasteiger partial charge in [-0.05, 0) is 31.4 Å². The van der Waals surface area contributed by atoms with Gasteiger partial charge in [0.15, 0.2) is 0 Å². The van der Waals surface area contributed by atoms with E-state index in [1.54, 1.807) is 0 Å². The van der Waals surface area contributed by atoms with Crippen LogP contribution in [0.15, 0.2) is 30.3 Å². The highest BCUT2D eigenvalue weighted by molar-refractivity contribution is 5.94. The molecule has 2 rings (SSSR count). The van der Waals surface area contributed by atoms with Crippen molar-refractivity contribution in [2.24, 2.45) is 0 Å². The largest absolute Gasteiger partial charge is 0.379 e. The average Bonchev–Trinajstić information content (AvgIpc) is 2.96. The van der Waals surface area contributed by atoms with E-state index >= 15 is 0 Å². The van der Waals surface area contributed by atoms with Gasteiger partial charge in [-0.15, -0.1) is 0 Å². The van der Waals surface area contributed by atoms with Crippen LogP contribution >= 0.6 is 0 Å². The van der Waals surface area contributed by atoms with Crippen LogP contribution in [0.25, 0.3) is 0 Å². The number of hydrogen-bond acceptors (Lipinski definition) is 3. The molecule has 1 heterocycles. The molecule has 0 bridgehead atoms. The predicted molar refractivity (Wildman–Crippen MR) is 73.2 cm³/mol. The van der Waals surface area contributed by atoms with Crippen molar-refractivity contribution in [2.45, 2.75) is 25.4 Å². The van der Waals surface area contributed by atoms with Gasteiger partial charge in [-0.3, -0.25) is 4.79 Å². The minimum absolute atomic E-state index is 0.0280. The fraction of sp³-hybridized carbons (Fsp3) is 0.533. The second kappa shape index (κ2) is 7.92. The van der Waals surface area contributed by atoms with Crippen molar-refractivity contribution in [3.8, 4) is 0 Å². The summed E-state index contributed by atoms with van der Waals surface area (Å²) in [5.74, 6) is -0.0280. The number of carbonyl (C=O) groups is 1. The fourth-order valence-electron chi connectivity index (χ4n) is 2.06. The molecule has 19 heavy (non-hydrogen) atoms. The molecule has 0 unspecified atom stereocenters. The Bertz CT molecular complexity index is 374. The highest BCUT2D eigenvalue weighted by Crippen LogP contribution is 2.11. The molecule has 1 aromatic carbocycles. The lowest BCUT2D eigenvalue weighted by Crippen LogP contribution is -2.25. The van der Waals surface area contributed by atoms with Gasteiger partial charge in [0.25, 0.3) is 5.91 Å². The van der Waals surface area contributed by atoms with E-state index in [2.05, 4.69) is 5.32 Å². The Morgan fingerprint density at radius 1 is 1.37 bits per heavy atom. The van der Waals surface area contributed by atoms with E-state index in [1.807, 2.05) is 30.3 Å². The molecule has 1 aromatic rings. The summed E-state index contributed by atoms with van der Waals surface area (Å²) in [6.07, 6.45) is 3.34. The topological polar surface area (TPSA) is 47.6 Å². The Morgan fingerprint density at radius 2 is 2.21 bits per heavy atom. The predicted octanol–water partition coefficient (Wildman–Crippen LogP) is 2.00. The van der Waals surface area contributed by atoms with Gasteiger partial charge >= 0.3 is 0 Å². The van der Waals surface area contributed by atoms with Gasteiger partial charge in [0, 0.05) is 25.3 Å². The summed E-state index contributed by atoms with van der Waals surface area (Å²) in [6.45, 7) is 2.84. The van der Waals surface area contributed by atoms with Gasteiger partial charge in [0.05, 0.1) is 12.7 Å². The van der Waals surface area contributed by atoms with Crippen LogP contribution in [-0.4, -0.2) is 38.4 Å². The second-order valence-corrected chi connectivity index (χ2v) is 4.69. The van der Waals surface area contributed by atoms with E-state index in [0.717, 1.165) is 25.9 Å². The number of nitrogens with one attached hydrogen (secondary N) is 1. The molecule has 0 aliphatic carbocycles. The maximum Gasteiger partial charge on any atom is 0.251 e. The Hall–Kier alpha value is -1.39. The molecule has 104 valence electrons. The van der Waals surface area contributed by atoms with Crippen LogP contribution in [0.4, 0.5) is 0 Å². The third-order valence-corrected chi connectivity index (χ3v) is 3.11. The summed E-state index contributed by atoms with van der Waals surface area (Å²) in [5.41, 5.74) is 0.697. The molecule has 0 radical (unpaired) electrons. The summed E-state index contributed by atoms with van der Waals surface area (Å²) in [7, 11) is 0. The number of rotatable bonds is 7. The Morgan fingerprint density at radius 3 is 2.95 bits per heavy atom. The van der Waals surface area contributed by atoms with Gasteiger partial charge < -0.3 is 14.8 Å². The lowest BCUT2D eigenvalue weighted by atomic mass is 10.2. The van der Waals surface area contributed by atoms with E-state index in [0.29, 0.717) is 25.3 Å². The van der Waals surface area contributed by atoms with Crippen LogP contribution in [0.1, 0.15) is 29.6 Å².